The second-order valence-corrected chi connectivity index (χ2v) is 5.71. The first-order valence-electron chi connectivity index (χ1n) is 6.84. The Bertz CT molecular complexity index is 583. The van der Waals surface area contributed by atoms with Gasteiger partial charge in [-0.05, 0) is 17.7 Å². The molecule has 0 saturated heterocycles. The number of methoxy groups -OCH3 is 1. The number of rotatable bonds is 6. The van der Waals surface area contributed by atoms with E-state index in [-0.39, 0.29) is 17.9 Å². The molecule has 2 atom stereocenters. The van der Waals surface area contributed by atoms with E-state index in [0.717, 1.165) is 10.0 Å². The number of ketones is 1. The number of likely N-dealkylation sites (N-methyl/N-ethyl adjacent to an activating group) is 1. The lowest BCUT2D eigenvalue weighted by Crippen LogP contribution is -2.89. The topological polar surface area (TPSA) is 42.9 Å². The van der Waals surface area contributed by atoms with Crippen LogP contribution in [0, 0.1) is 0 Å². The first kappa shape index (κ1) is 15.9. The number of ether oxygens (including phenoxy) is 1. The molecule has 0 fully saturated rings. The molecule has 2 N–H and O–H groups in total. The van der Waals surface area contributed by atoms with Gasteiger partial charge in [-0.1, -0.05) is 58.4 Å². The number of halogens is 1. The highest BCUT2D eigenvalue weighted by atomic mass is 79.9. The third kappa shape index (κ3) is 3.79. The lowest BCUT2D eigenvalue weighted by Gasteiger charge is -2.22. The number of hydrogen-bond donors (Lipinski definition) is 1. The van der Waals surface area contributed by atoms with Crippen LogP contribution in [0.1, 0.15) is 22.0 Å². The van der Waals surface area contributed by atoms with Crippen molar-refractivity contribution in [2.75, 3.05) is 14.2 Å². The zero-order valence-electron chi connectivity index (χ0n) is 12.1. The van der Waals surface area contributed by atoms with E-state index in [1.54, 1.807) is 7.11 Å². The second-order valence-electron chi connectivity index (χ2n) is 4.80. The van der Waals surface area contributed by atoms with Gasteiger partial charge in [0.05, 0.1) is 7.05 Å². The quantitative estimate of drug-likeness (QED) is 0.815. The summed E-state index contributed by atoms with van der Waals surface area (Å²) in [4.78, 5) is 12.7. The minimum atomic E-state index is -0.307. The lowest BCUT2D eigenvalue weighted by molar-refractivity contribution is -0.657. The molecule has 0 aliphatic rings. The molecule has 2 aromatic carbocycles. The molecular weight excluding hydrogens is 330 g/mol. The molecule has 0 unspecified atom stereocenters. The van der Waals surface area contributed by atoms with Gasteiger partial charge in [-0.15, -0.1) is 0 Å². The number of quaternary nitrogens is 1. The van der Waals surface area contributed by atoms with Crippen LogP contribution in [0.15, 0.2) is 59.1 Å². The van der Waals surface area contributed by atoms with Gasteiger partial charge in [0.25, 0.3) is 0 Å². The number of nitrogens with two attached hydrogens (primary N) is 1. The molecule has 0 aliphatic heterocycles. The van der Waals surface area contributed by atoms with Crippen molar-refractivity contribution in [3.05, 3.63) is 70.2 Å². The first-order valence-corrected chi connectivity index (χ1v) is 7.63. The standard InChI is InChI=1S/C17H18BrNO2/c1-19-15(16(20)12-8-10-14(18)11-9-12)17(21-2)13-6-4-3-5-7-13/h3-11,15,17,19H,1-2H3/p+1/t15-,17-/m1/s1. The lowest BCUT2D eigenvalue weighted by atomic mass is 9.95. The molecule has 0 aromatic heterocycles. The number of Topliss-reactive ketones (excluding diaryl/α,β-unsaturated/α-hetero) is 1. The second kappa shape index (κ2) is 7.50. The molecule has 4 heteroatoms. The molecule has 21 heavy (non-hydrogen) atoms. The van der Waals surface area contributed by atoms with Gasteiger partial charge in [0.2, 0.25) is 5.78 Å². The Labute approximate surface area is 133 Å². The number of carbonyl (C=O) groups is 1. The maximum atomic E-state index is 12.7. The van der Waals surface area contributed by atoms with E-state index in [2.05, 4.69) is 15.9 Å². The van der Waals surface area contributed by atoms with E-state index in [1.807, 2.05) is 67.0 Å². The molecule has 110 valence electrons. The summed E-state index contributed by atoms with van der Waals surface area (Å²) in [6.45, 7) is 0. The molecule has 2 aromatic rings. The smallest absolute Gasteiger partial charge is 0.222 e. The van der Waals surface area contributed by atoms with E-state index in [4.69, 9.17) is 4.74 Å². The molecule has 0 amide bonds. The summed E-state index contributed by atoms with van der Waals surface area (Å²) in [6, 6.07) is 17.0. The van der Waals surface area contributed by atoms with Crippen LogP contribution in [0.3, 0.4) is 0 Å². The van der Waals surface area contributed by atoms with Crippen molar-refractivity contribution in [2.24, 2.45) is 0 Å². The molecule has 0 spiro atoms. The summed E-state index contributed by atoms with van der Waals surface area (Å²) < 4.78 is 6.55. The molecule has 0 saturated carbocycles. The maximum Gasteiger partial charge on any atom is 0.222 e. The van der Waals surface area contributed by atoms with Gasteiger partial charge in [0, 0.05) is 17.1 Å². The van der Waals surface area contributed by atoms with Gasteiger partial charge in [0.1, 0.15) is 6.10 Å². The molecule has 0 bridgehead atoms. The third-order valence-corrected chi connectivity index (χ3v) is 4.03. The molecule has 0 aliphatic carbocycles. The molecule has 3 nitrogen and oxygen atoms in total. The Balaban J connectivity index is 2.29. The fourth-order valence-corrected chi connectivity index (χ4v) is 2.67. The molecule has 2 rings (SSSR count). The minimum absolute atomic E-state index is 0.0701. The Morgan fingerprint density at radius 1 is 1.10 bits per heavy atom. The minimum Gasteiger partial charge on any atom is -0.370 e. The van der Waals surface area contributed by atoms with Crippen LogP contribution in [0.25, 0.3) is 0 Å². The van der Waals surface area contributed by atoms with Crippen molar-refractivity contribution in [1.82, 2.24) is 0 Å². The van der Waals surface area contributed by atoms with Crippen LogP contribution in [0.4, 0.5) is 0 Å². The average Bonchev–Trinajstić information content (AvgIpc) is 2.53. The normalized spacial score (nSPS) is 13.7. The number of benzene rings is 2. The van der Waals surface area contributed by atoms with E-state index in [9.17, 15) is 4.79 Å². The van der Waals surface area contributed by atoms with Crippen molar-refractivity contribution in [2.45, 2.75) is 12.1 Å². The highest BCUT2D eigenvalue weighted by molar-refractivity contribution is 9.10. The van der Waals surface area contributed by atoms with Gasteiger partial charge in [-0.3, -0.25) is 4.79 Å². The summed E-state index contributed by atoms with van der Waals surface area (Å²) in [5, 5.41) is 1.91. The van der Waals surface area contributed by atoms with Gasteiger partial charge in [0.15, 0.2) is 6.04 Å². The van der Waals surface area contributed by atoms with Crippen LogP contribution >= 0.6 is 15.9 Å². The van der Waals surface area contributed by atoms with Crippen molar-refractivity contribution >= 4 is 21.7 Å². The van der Waals surface area contributed by atoms with Gasteiger partial charge >= 0.3 is 0 Å². The van der Waals surface area contributed by atoms with Crippen molar-refractivity contribution in [1.29, 1.82) is 0 Å². The van der Waals surface area contributed by atoms with Crippen molar-refractivity contribution in [3.8, 4) is 0 Å². The summed E-state index contributed by atoms with van der Waals surface area (Å²) in [7, 11) is 3.54. The van der Waals surface area contributed by atoms with Crippen molar-refractivity contribution in [3.63, 3.8) is 0 Å². The van der Waals surface area contributed by atoms with E-state index < -0.39 is 0 Å². The predicted molar refractivity (Wildman–Crippen MR) is 86.3 cm³/mol. The molecule has 0 heterocycles. The van der Waals surface area contributed by atoms with E-state index in [1.165, 1.54) is 0 Å². The Kier molecular flexibility index (Phi) is 5.67. The Morgan fingerprint density at radius 2 is 1.71 bits per heavy atom. The third-order valence-electron chi connectivity index (χ3n) is 3.50. The largest absolute Gasteiger partial charge is 0.370 e. The summed E-state index contributed by atoms with van der Waals surface area (Å²) in [5.74, 6) is 0.0701. The predicted octanol–water partition coefficient (Wildman–Crippen LogP) is 2.58. The van der Waals surface area contributed by atoms with Gasteiger partial charge in [-0.25, -0.2) is 0 Å². The monoisotopic (exact) mass is 348 g/mol. The van der Waals surface area contributed by atoms with Crippen LogP contribution in [-0.4, -0.2) is 26.0 Å². The maximum absolute atomic E-state index is 12.7. The van der Waals surface area contributed by atoms with Crippen LogP contribution in [0.2, 0.25) is 0 Å². The van der Waals surface area contributed by atoms with Crippen LogP contribution in [0.5, 0.6) is 0 Å². The van der Waals surface area contributed by atoms with Gasteiger partial charge < -0.3 is 10.1 Å². The summed E-state index contributed by atoms with van der Waals surface area (Å²) in [5.41, 5.74) is 1.70. The Hall–Kier alpha value is -1.49. The summed E-state index contributed by atoms with van der Waals surface area (Å²) >= 11 is 3.38. The zero-order valence-corrected chi connectivity index (χ0v) is 13.7. The SMILES string of the molecule is C[NH2+][C@H](C(=O)c1ccc(Br)cc1)[C@H](OC)c1ccccc1. The van der Waals surface area contributed by atoms with E-state index >= 15 is 0 Å². The van der Waals surface area contributed by atoms with Crippen LogP contribution in [-0.2, 0) is 4.74 Å². The molecular formula is C17H19BrNO2+. The van der Waals surface area contributed by atoms with Crippen LogP contribution < -0.4 is 5.32 Å². The molecule has 0 radical (unpaired) electrons. The van der Waals surface area contributed by atoms with E-state index in [0.29, 0.717) is 5.56 Å². The average molecular weight is 349 g/mol. The zero-order chi connectivity index (χ0) is 15.2. The van der Waals surface area contributed by atoms with Gasteiger partial charge in [-0.2, -0.15) is 0 Å². The first-order chi connectivity index (χ1) is 10.2. The fraction of sp³-hybridized carbons (Fsp3) is 0.235. The number of hydrogen-bond acceptors (Lipinski definition) is 2. The van der Waals surface area contributed by atoms with Crippen molar-refractivity contribution < 1.29 is 14.8 Å². The fourth-order valence-electron chi connectivity index (χ4n) is 2.40. The number of carbonyl (C=O) groups excluding carboxylic acids is 1. The highest BCUT2D eigenvalue weighted by Crippen LogP contribution is 2.21. The summed E-state index contributed by atoms with van der Waals surface area (Å²) in [6.07, 6.45) is -0.271. The Morgan fingerprint density at radius 3 is 2.24 bits per heavy atom. The highest BCUT2D eigenvalue weighted by Gasteiger charge is 2.32.